The Kier molecular flexibility index (Phi) is 10.1. The van der Waals surface area contributed by atoms with Crippen LogP contribution in [0.15, 0.2) is 47.5 Å². The predicted molar refractivity (Wildman–Crippen MR) is 193 cm³/mol. The minimum atomic E-state index is -3.55. The fourth-order valence-electron chi connectivity index (χ4n) is 6.45. The van der Waals surface area contributed by atoms with E-state index in [9.17, 15) is 18.0 Å². The van der Waals surface area contributed by atoms with Crippen molar-refractivity contribution in [2.24, 2.45) is 0 Å². The van der Waals surface area contributed by atoms with E-state index in [1.54, 1.807) is 50.4 Å². The maximum absolute atomic E-state index is 13.8. The summed E-state index contributed by atoms with van der Waals surface area (Å²) in [6, 6.07) is 10.5. The molecule has 3 N–H and O–H groups in total. The fraction of sp³-hybridized carbons (Fsp3) is 0.471. The highest BCUT2D eigenvalue weighted by molar-refractivity contribution is 14.1. The summed E-state index contributed by atoms with van der Waals surface area (Å²) in [5, 5.41) is 9.16. The topological polar surface area (TPSA) is 146 Å². The maximum atomic E-state index is 13.8. The minimum Gasteiger partial charge on any atom is -0.489 e. The lowest BCUT2D eigenvalue weighted by Gasteiger charge is -2.37. The number of hydrogen-bond acceptors (Lipinski definition) is 10. The Bertz CT molecular complexity index is 1810. The molecule has 1 atom stereocenters. The first-order valence-electron chi connectivity index (χ1n) is 16.5. The number of fused-ring (bicyclic) bond motifs is 1. The Morgan fingerprint density at radius 3 is 2.50 bits per heavy atom. The number of benzene rings is 2. The number of anilines is 4. The van der Waals surface area contributed by atoms with Crippen molar-refractivity contribution in [3.8, 4) is 5.75 Å². The quantitative estimate of drug-likeness (QED) is 0.234. The molecule has 256 valence electrons. The predicted octanol–water partition coefficient (Wildman–Crippen LogP) is 5.24. The number of aromatic nitrogens is 2. The molecule has 3 aliphatic rings. The number of carbonyl (C=O) groups is 2. The van der Waals surface area contributed by atoms with E-state index in [1.165, 1.54) is 0 Å². The Hall–Kier alpha value is -3.50. The first kappa shape index (κ1) is 34.4. The van der Waals surface area contributed by atoms with Crippen LogP contribution in [-0.4, -0.2) is 83.1 Å². The van der Waals surface area contributed by atoms with Crippen molar-refractivity contribution in [2.45, 2.75) is 88.3 Å². The molecule has 0 saturated carbocycles. The van der Waals surface area contributed by atoms with E-state index in [4.69, 9.17) is 4.74 Å². The number of nitrogens with one attached hydrogen (secondary N) is 3. The summed E-state index contributed by atoms with van der Waals surface area (Å²) in [5.74, 6) is 1.40. The monoisotopic (exact) mass is 787 g/mol. The third kappa shape index (κ3) is 7.10. The molecular formula is C34H42IN7O5S. The van der Waals surface area contributed by atoms with Crippen molar-refractivity contribution in [1.29, 1.82) is 0 Å². The third-order valence-corrected chi connectivity index (χ3v) is 12.0. The van der Waals surface area contributed by atoms with Gasteiger partial charge in [0.2, 0.25) is 11.9 Å². The van der Waals surface area contributed by atoms with Crippen LogP contribution < -0.4 is 20.7 Å². The molecule has 2 amide bonds. The van der Waals surface area contributed by atoms with Crippen molar-refractivity contribution < 1.29 is 22.7 Å². The van der Waals surface area contributed by atoms with Crippen molar-refractivity contribution >= 4 is 67.4 Å². The molecule has 14 heteroatoms. The summed E-state index contributed by atoms with van der Waals surface area (Å²) in [6.45, 7) is 9.85. The molecule has 6 rings (SSSR count). The van der Waals surface area contributed by atoms with Crippen LogP contribution in [0.2, 0.25) is 0 Å². The third-order valence-electron chi connectivity index (χ3n) is 9.03. The molecule has 12 nitrogen and oxygen atoms in total. The van der Waals surface area contributed by atoms with E-state index in [0.717, 1.165) is 37.8 Å². The molecule has 0 radical (unpaired) electrons. The normalized spacial score (nSPS) is 18.5. The summed E-state index contributed by atoms with van der Waals surface area (Å²) in [4.78, 5) is 39.9. The highest BCUT2D eigenvalue weighted by Gasteiger charge is 2.37. The zero-order valence-corrected chi connectivity index (χ0v) is 30.6. The summed E-state index contributed by atoms with van der Waals surface area (Å²) in [5.41, 5.74) is 2.46. The first-order chi connectivity index (χ1) is 22.9. The molecule has 2 aromatic carbocycles. The summed E-state index contributed by atoms with van der Waals surface area (Å²) >= 11 is 2.10. The lowest BCUT2D eigenvalue weighted by molar-refractivity contribution is -0.134. The van der Waals surface area contributed by atoms with Gasteiger partial charge in [0.25, 0.3) is 5.91 Å². The second kappa shape index (κ2) is 14.2. The summed E-state index contributed by atoms with van der Waals surface area (Å²) < 4.78 is 33.0. The molecule has 0 bridgehead atoms. The average Bonchev–Trinajstić information content (AvgIpc) is 3.71. The Morgan fingerprint density at radius 2 is 1.81 bits per heavy atom. The summed E-state index contributed by atoms with van der Waals surface area (Å²) in [7, 11) is -3.55. The zero-order valence-electron chi connectivity index (χ0n) is 27.6. The number of ether oxygens (including phenoxy) is 1. The number of para-hydroxylation sites is 1. The van der Waals surface area contributed by atoms with Gasteiger partial charge in [0, 0.05) is 37.4 Å². The van der Waals surface area contributed by atoms with Gasteiger partial charge in [-0.2, -0.15) is 4.98 Å². The van der Waals surface area contributed by atoms with Crippen LogP contribution >= 0.6 is 22.6 Å². The lowest BCUT2D eigenvalue weighted by Crippen LogP contribution is -2.50. The van der Waals surface area contributed by atoms with Crippen LogP contribution in [0.4, 0.5) is 23.1 Å². The van der Waals surface area contributed by atoms with E-state index in [1.807, 2.05) is 29.7 Å². The number of amides is 2. The van der Waals surface area contributed by atoms with Crippen LogP contribution in [0.3, 0.4) is 0 Å². The number of sulfone groups is 1. The molecule has 2 fully saturated rings. The second-order valence-corrected chi connectivity index (χ2v) is 16.7. The van der Waals surface area contributed by atoms with Crippen LogP contribution in [0.25, 0.3) is 0 Å². The Labute approximate surface area is 295 Å². The van der Waals surface area contributed by atoms with Gasteiger partial charge in [0.1, 0.15) is 11.6 Å². The van der Waals surface area contributed by atoms with Crippen molar-refractivity contribution in [3.63, 3.8) is 0 Å². The van der Waals surface area contributed by atoms with Gasteiger partial charge in [0.05, 0.1) is 37.2 Å². The molecule has 1 aromatic heterocycles. The molecule has 3 aliphatic heterocycles. The summed E-state index contributed by atoms with van der Waals surface area (Å²) in [6.07, 6.45) is 4.92. The van der Waals surface area contributed by atoms with Gasteiger partial charge in [-0.15, -0.1) is 0 Å². The SMILES string of the molecule is CC(C)Oc1cc2c(cc1Nc1ncc(I)c(Nc3ccccc3S(=O)(=O)C(C)C)n1)C(=O)N(C1CCN(C(=O)[C@@H]3CCCN3)CC1)C2. The van der Waals surface area contributed by atoms with E-state index in [2.05, 4.69) is 48.5 Å². The molecule has 0 spiro atoms. The van der Waals surface area contributed by atoms with Crippen LogP contribution in [0.1, 0.15) is 69.3 Å². The van der Waals surface area contributed by atoms with Crippen LogP contribution in [-0.2, 0) is 21.2 Å². The van der Waals surface area contributed by atoms with Gasteiger partial charge in [-0.1, -0.05) is 12.1 Å². The molecule has 3 aromatic rings. The molecule has 0 aliphatic carbocycles. The maximum Gasteiger partial charge on any atom is 0.254 e. The highest BCUT2D eigenvalue weighted by Crippen LogP contribution is 2.38. The molecule has 0 unspecified atom stereocenters. The van der Waals surface area contributed by atoms with Gasteiger partial charge in [-0.3, -0.25) is 9.59 Å². The smallest absolute Gasteiger partial charge is 0.254 e. The molecular weight excluding hydrogens is 745 g/mol. The van der Waals surface area contributed by atoms with Crippen LogP contribution in [0, 0.1) is 3.57 Å². The van der Waals surface area contributed by atoms with Gasteiger partial charge >= 0.3 is 0 Å². The van der Waals surface area contributed by atoms with E-state index in [-0.39, 0.29) is 40.8 Å². The van der Waals surface area contributed by atoms with Gasteiger partial charge in [0.15, 0.2) is 9.84 Å². The van der Waals surface area contributed by atoms with Crippen molar-refractivity contribution in [2.75, 3.05) is 30.3 Å². The first-order valence-corrected chi connectivity index (χ1v) is 19.1. The number of halogens is 1. The Balaban J connectivity index is 1.21. The number of carbonyl (C=O) groups excluding carboxylic acids is 2. The van der Waals surface area contributed by atoms with Crippen molar-refractivity contribution in [3.05, 3.63) is 57.3 Å². The fourth-order valence-corrected chi connectivity index (χ4v) is 8.05. The average molecular weight is 788 g/mol. The zero-order chi connectivity index (χ0) is 34.2. The molecule has 4 heterocycles. The van der Waals surface area contributed by atoms with Gasteiger partial charge in [-0.05, 0) is 112 Å². The highest BCUT2D eigenvalue weighted by atomic mass is 127. The Morgan fingerprint density at radius 1 is 1.06 bits per heavy atom. The van der Waals surface area contributed by atoms with Crippen LogP contribution in [0.5, 0.6) is 5.75 Å². The number of nitrogens with zero attached hydrogens (tertiary/aromatic N) is 4. The largest absolute Gasteiger partial charge is 0.489 e. The van der Waals surface area contributed by atoms with E-state index in [0.29, 0.717) is 51.7 Å². The van der Waals surface area contributed by atoms with Gasteiger partial charge in [-0.25, -0.2) is 13.4 Å². The second-order valence-electron chi connectivity index (χ2n) is 13.0. The lowest BCUT2D eigenvalue weighted by atomic mass is 10.0. The minimum absolute atomic E-state index is 0.0414. The number of likely N-dealkylation sites (tertiary alicyclic amines) is 1. The van der Waals surface area contributed by atoms with Crippen molar-refractivity contribution in [1.82, 2.24) is 25.1 Å². The molecule has 2 saturated heterocycles. The van der Waals surface area contributed by atoms with Gasteiger partial charge < -0.3 is 30.5 Å². The number of hydrogen-bond donors (Lipinski definition) is 3. The number of rotatable bonds is 10. The number of piperidine rings is 1. The van der Waals surface area contributed by atoms with E-state index >= 15 is 0 Å². The molecule has 48 heavy (non-hydrogen) atoms. The van der Waals surface area contributed by atoms with E-state index < -0.39 is 15.1 Å². The standard InChI is InChI=1S/C34H42IN7O5S/c1-20(2)47-29-16-22-19-42(23-11-14-41(15-12-23)33(44)27-9-7-13-36-27)32(43)24(22)17-28(29)39-34-37-18-25(35)31(40-34)38-26-8-5-6-10-30(26)48(45,46)21(3)4/h5-6,8,10,16-18,20-21,23,27,36H,7,9,11-15,19H2,1-4H3,(H2,37,38,39,40)/t27-/m0/s1.